The Hall–Kier alpha value is -1.55. The van der Waals surface area contributed by atoms with Crippen molar-refractivity contribution in [2.75, 3.05) is 25.1 Å². The van der Waals surface area contributed by atoms with Crippen LogP contribution in [0, 0.1) is 6.92 Å². The number of piperidine rings is 1. The molecule has 1 saturated heterocycles. The number of fused-ring (bicyclic) bond motifs is 2. The Labute approximate surface area is 126 Å². The molecular formula is C17H24N2O2. The number of nitrogens with zero attached hydrogens (tertiary/aromatic N) is 1. The molecule has 1 spiro atoms. The number of rotatable bonds is 2. The number of carbonyl (C=O) groups is 1. The van der Waals surface area contributed by atoms with Crippen molar-refractivity contribution in [2.24, 2.45) is 0 Å². The van der Waals surface area contributed by atoms with E-state index in [1.165, 1.54) is 5.56 Å². The Kier molecular flexibility index (Phi) is 3.44. The molecule has 0 radical (unpaired) electrons. The smallest absolute Gasteiger partial charge is 0.238 e. The van der Waals surface area contributed by atoms with Crippen LogP contribution in [-0.2, 0) is 10.2 Å². The Bertz CT molecular complexity index is 574. The molecule has 4 heteroatoms. The Balaban J connectivity index is 2.20. The molecule has 1 fully saturated rings. The fourth-order valence-corrected chi connectivity index (χ4v) is 3.78. The third-order valence-electron chi connectivity index (χ3n) is 4.89. The first-order valence-electron chi connectivity index (χ1n) is 7.75. The van der Waals surface area contributed by atoms with Crippen LogP contribution in [0.15, 0.2) is 12.1 Å². The van der Waals surface area contributed by atoms with E-state index in [0.29, 0.717) is 0 Å². The van der Waals surface area contributed by atoms with Crippen LogP contribution in [0.1, 0.15) is 37.8 Å². The average Bonchev–Trinajstić information content (AvgIpc) is 2.69. The molecule has 4 nitrogen and oxygen atoms in total. The van der Waals surface area contributed by atoms with E-state index in [2.05, 4.69) is 32.2 Å². The number of anilines is 1. The number of aryl methyl sites for hydroxylation is 1. The first-order valence-corrected chi connectivity index (χ1v) is 7.75. The second-order valence-electron chi connectivity index (χ2n) is 6.44. The first-order chi connectivity index (χ1) is 10.0. The number of hydrogen-bond donors (Lipinski definition) is 1. The van der Waals surface area contributed by atoms with Crippen LogP contribution in [0.5, 0.6) is 5.75 Å². The van der Waals surface area contributed by atoms with Gasteiger partial charge in [-0.2, -0.15) is 0 Å². The summed E-state index contributed by atoms with van der Waals surface area (Å²) in [6.45, 7) is 8.02. The SMILES string of the molecule is COc1cc2c(cc1C)C1(CCNCC1)C(=O)N2C(C)C. The number of methoxy groups -OCH3 is 1. The van der Waals surface area contributed by atoms with E-state index in [1.54, 1.807) is 7.11 Å². The molecule has 0 saturated carbocycles. The minimum Gasteiger partial charge on any atom is -0.496 e. The van der Waals surface area contributed by atoms with Crippen molar-refractivity contribution in [1.82, 2.24) is 5.32 Å². The lowest BCUT2D eigenvalue weighted by atomic mass is 9.74. The highest BCUT2D eigenvalue weighted by Crippen LogP contribution is 2.49. The number of carbonyl (C=O) groups excluding carboxylic acids is 1. The van der Waals surface area contributed by atoms with Crippen molar-refractivity contribution in [2.45, 2.75) is 45.1 Å². The highest BCUT2D eigenvalue weighted by atomic mass is 16.5. The number of amides is 1. The van der Waals surface area contributed by atoms with Crippen molar-refractivity contribution in [3.8, 4) is 5.75 Å². The van der Waals surface area contributed by atoms with Gasteiger partial charge in [-0.05, 0) is 63.9 Å². The number of ether oxygens (including phenoxy) is 1. The number of nitrogens with one attached hydrogen (secondary N) is 1. The molecule has 0 aromatic heterocycles. The molecule has 0 atom stereocenters. The largest absolute Gasteiger partial charge is 0.496 e. The molecule has 2 aliphatic rings. The van der Waals surface area contributed by atoms with Crippen molar-refractivity contribution in [3.63, 3.8) is 0 Å². The summed E-state index contributed by atoms with van der Waals surface area (Å²) >= 11 is 0. The number of hydrogen-bond acceptors (Lipinski definition) is 3. The maximum Gasteiger partial charge on any atom is 0.238 e. The number of benzene rings is 1. The third kappa shape index (κ3) is 1.96. The van der Waals surface area contributed by atoms with Gasteiger partial charge in [0.15, 0.2) is 0 Å². The molecule has 1 aromatic carbocycles. The lowest BCUT2D eigenvalue weighted by molar-refractivity contribution is -0.124. The zero-order chi connectivity index (χ0) is 15.2. The highest BCUT2D eigenvalue weighted by Gasteiger charge is 2.51. The molecule has 0 bridgehead atoms. The summed E-state index contributed by atoms with van der Waals surface area (Å²) in [6.07, 6.45) is 1.77. The average molecular weight is 288 g/mol. The minimum atomic E-state index is -0.331. The quantitative estimate of drug-likeness (QED) is 0.908. The maximum absolute atomic E-state index is 13.1. The van der Waals surface area contributed by atoms with Gasteiger partial charge in [0, 0.05) is 12.1 Å². The summed E-state index contributed by atoms with van der Waals surface area (Å²) in [7, 11) is 1.69. The second kappa shape index (κ2) is 5.02. The summed E-state index contributed by atoms with van der Waals surface area (Å²) in [6, 6.07) is 4.37. The van der Waals surface area contributed by atoms with E-state index >= 15 is 0 Å². The van der Waals surface area contributed by atoms with Crippen LogP contribution in [0.4, 0.5) is 5.69 Å². The van der Waals surface area contributed by atoms with E-state index in [0.717, 1.165) is 42.9 Å². The van der Waals surface area contributed by atoms with Crippen LogP contribution < -0.4 is 15.0 Å². The molecule has 1 N–H and O–H groups in total. The van der Waals surface area contributed by atoms with Gasteiger partial charge in [-0.3, -0.25) is 4.79 Å². The van der Waals surface area contributed by atoms with Gasteiger partial charge in [-0.25, -0.2) is 0 Å². The van der Waals surface area contributed by atoms with E-state index in [4.69, 9.17) is 4.74 Å². The van der Waals surface area contributed by atoms with Gasteiger partial charge in [0.25, 0.3) is 0 Å². The first kappa shape index (κ1) is 14.4. The lowest BCUT2D eigenvalue weighted by Crippen LogP contribution is -2.48. The summed E-state index contributed by atoms with van der Waals surface area (Å²) < 4.78 is 5.46. The zero-order valence-corrected chi connectivity index (χ0v) is 13.3. The highest BCUT2D eigenvalue weighted by molar-refractivity contribution is 6.09. The van der Waals surface area contributed by atoms with Crippen LogP contribution in [-0.4, -0.2) is 32.1 Å². The predicted molar refractivity (Wildman–Crippen MR) is 84.1 cm³/mol. The summed E-state index contributed by atoms with van der Waals surface area (Å²) in [5.41, 5.74) is 3.01. The molecule has 114 valence electrons. The van der Waals surface area contributed by atoms with Crippen molar-refractivity contribution in [1.29, 1.82) is 0 Å². The minimum absolute atomic E-state index is 0.165. The van der Waals surface area contributed by atoms with Crippen LogP contribution in [0.25, 0.3) is 0 Å². The van der Waals surface area contributed by atoms with Gasteiger partial charge in [0.05, 0.1) is 18.2 Å². The molecule has 0 unspecified atom stereocenters. The molecule has 2 aliphatic heterocycles. The van der Waals surface area contributed by atoms with Gasteiger partial charge < -0.3 is 15.0 Å². The lowest BCUT2D eigenvalue weighted by Gasteiger charge is -2.33. The Morgan fingerprint density at radius 2 is 1.95 bits per heavy atom. The Morgan fingerprint density at radius 3 is 2.52 bits per heavy atom. The van der Waals surface area contributed by atoms with Gasteiger partial charge in [-0.1, -0.05) is 0 Å². The van der Waals surface area contributed by atoms with Crippen LogP contribution >= 0.6 is 0 Å². The van der Waals surface area contributed by atoms with Crippen LogP contribution in [0.2, 0.25) is 0 Å². The van der Waals surface area contributed by atoms with Crippen molar-refractivity contribution < 1.29 is 9.53 Å². The van der Waals surface area contributed by atoms with Crippen molar-refractivity contribution in [3.05, 3.63) is 23.3 Å². The van der Waals surface area contributed by atoms with E-state index in [1.807, 2.05) is 11.0 Å². The normalized spacial score (nSPS) is 20.2. The fourth-order valence-electron chi connectivity index (χ4n) is 3.78. The summed E-state index contributed by atoms with van der Waals surface area (Å²) in [5, 5.41) is 3.37. The third-order valence-corrected chi connectivity index (χ3v) is 4.89. The summed E-state index contributed by atoms with van der Waals surface area (Å²) in [5.74, 6) is 1.12. The van der Waals surface area contributed by atoms with Crippen molar-refractivity contribution >= 4 is 11.6 Å². The molecule has 0 aliphatic carbocycles. The van der Waals surface area contributed by atoms with Gasteiger partial charge in [0.1, 0.15) is 5.75 Å². The van der Waals surface area contributed by atoms with Gasteiger partial charge in [0.2, 0.25) is 5.91 Å². The van der Waals surface area contributed by atoms with E-state index in [9.17, 15) is 4.79 Å². The van der Waals surface area contributed by atoms with E-state index in [-0.39, 0.29) is 17.4 Å². The Morgan fingerprint density at radius 1 is 1.29 bits per heavy atom. The zero-order valence-electron chi connectivity index (χ0n) is 13.3. The molecule has 1 aromatic rings. The van der Waals surface area contributed by atoms with Gasteiger partial charge >= 0.3 is 0 Å². The standard InChI is InChI=1S/C17H24N2O2/c1-11(2)19-14-10-15(21-4)12(3)9-13(14)17(16(19)20)5-7-18-8-6-17/h9-11,18H,5-8H2,1-4H3. The second-order valence-corrected chi connectivity index (χ2v) is 6.44. The monoisotopic (exact) mass is 288 g/mol. The molecule has 21 heavy (non-hydrogen) atoms. The summed E-state index contributed by atoms with van der Waals surface area (Å²) in [4.78, 5) is 15.1. The molecule has 3 rings (SSSR count). The predicted octanol–water partition coefficient (Wildman–Crippen LogP) is 2.38. The fraction of sp³-hybridized carbons (Fsp3) is 0.588. The maximum atomic E-state index is 13.1. The molecule has 2 heterocycles. The topological polar surface area (TPSA) is 41.6 Å². The van der Waals surface area contributed by atoms with Crippen LogP contribution in [0.3, 0.4) is 0 Å². The molecular weight excluding hydrogens is 264 g/mol. The van der Waals surface area contributed by atoms with E-state index < -0.39 is 0 Å². The van der Waals surface area contributed by atoms with Gasteiger partial charge in [-0.15, -0.1) is 0 Å². The molecule has 1 amide bonds.